The van der Waals surface area contributed by atoms with Crippen LogP contribution in [0.2, 0.25) is 0 Å². The summed E-state index contributed by atoms with van der Waals surface area (Å²) in [6.07, 6.45) is 0. The van der Waals surface area contributed by atoms with Gasteiger partial charge in [-0.05, 0) is 38.6 Å². The maximum absolute atomic E-state index is 12.3. The topological polar surface area (TPSA) is 45.5 Å². The van der Waals surface area contributed by atoms with E-state index in [1.165, 1.54) is 11.1 Å². The molecule has 0 spiro atoms. The minimum absolute atomic E-state index is 0.0115. The van der Waals surface area contributed by atoms with Crippen LogP contribution in [0.25, 0.3) is 11.0 Å². The number of fused-ring (bicyclic) bond motifs is 1. The van der Waals surface area contributed by atoms with E-state index in [1.807, 2.05) is 49.2 Å². The second-order valence-electron chi connectivity index (χ2n) is 6.63. The maximum Gasteiger partial charge on any atom is 0.234 e. The summed E-state index contributed by atoms with van der Waals surface area (Å²) in [4.78, 5) is 14.3. The Hall–Kier alpha value is -2.59. The van der Waals surface area contributed by atoms with Crippen molar-refractivity contribution in [3.05, 3.63) is 71.5 Å². The van der Waals surface area contributed by atoms with E-state index >= 15 is 0 Å². The summed E-state index contributed by atoms with van der Waals surface area (Å²) < 4.78 is 5.81. The number of benzene rings is 2. The molecule has 1 heterocycles. The highest BCUT2D eigenvalue weighted by molar-refractivity contribution is 5.80. The molecule has 0 radical (unpaired) electrons. The highest BCUT2D eigenvalue weighted by Gasteiger charge is 2.15. The van der Waals surface area contributed by atoms with Gasteiger partial charge in [0.05, 0.1) is 12.6 Å². The minimum atomic E-state index is -0.160. The maximum atomic E-state index is 12.3. The molecule has 0 aliphatic carbocycles. The van der Waals surface area contributed by atoms with Gasteiger partial charge in [-0.2, -0.15) is 0 Å². The number of nitrogens with zero attached hydrogens (tertiary/aromatic N) is 1. The third-order valence-electron chi connectivity index (χ3n) is 4.24. The molecular weight excluding hydrogens is 312 g/mol. The molecule has 130 valence electrons. The molecule has 0 saturated heterocycles. The number of hydrogen-bond donors (Lipinski definition) is 1. The number of rotatable bonds is 6. The van der Waals surface area contributed by atoms with Gasteiger partial charge in [-0.25, -0.2) is 0 Å². The summed E-state index contributed by atoms with van der Waals surface area (Å²) >= 11 is 0. The molecule has 1 N–H and O–H groups in total. The molecular formula is C21H24N2O2. The predicted molar refractivity (Wildman–Crippen MR) is 100 cm³/mol. The fraction of sp³-hybridized carbons (Fsp3) is 0.286. The van der Waals surface area contributed by atoms with Gasteiger partial charge in [0, 0.05) is 11.9 Å². The van der Waals surface area contributed by atoms with E-state index in [1.54, 1.807) is 0 Å². The molecule has 4 heteroatoms. The van der Waals surface area contributed by atoms with Crippen LogP contribution in [0.5, 0.6) is 0 Å². The Morgan fingerprint density at radius 2 is 1.88 bits per heavy atom. The number of carbonyl (C=O) groups is 1. The Morgan fingerprint density at radius 1 is 1.16 bits per heavy atom. The summed E-state index contributed by atoms with van der Waals surface area (Å²) in [5, 5.41) is 4.06. The first kappa shape index (κ1) is 17.2. The van der Waals surface area contributed by atoms with Crippen molar-refractivity contribution in [1.29, 1.82) is 0 Å². The number of hydrogen-bond acceptors (Lipinski definition) is 3. The monoisotopic (exact) mass is 336 g/mol. The highest BCUT2D eigenvalue weighted by atomic mass is 16.3. The lowest BCUT2D eigenvalue weighted by molar-refractivity contribution is -0.122. The summed E-state index contributed by atoms with van der Waals surface area (Å²) in [7, 11) is 1.95. The molecule has 2 aromatic carbocycles. The highest BCUT2D eigenvalue weighted by Crippen LogP contribution is 2.23. The van der Waals surface area contributed by atoms with Crippen LogP contribution in [0.15, 0.2) is 59.0 Å². The fourth-order valence-electron chi connectivity index (χ4n) is 2.88. The molecule has 0 saturated carbocycles. The first-order chi connectivity index (χ1) is 12.0. The lowest BCUT2D eigenvalue weighted by atomic mass is 10.1. The Labute approximate surface area is 148 Å². The average molecular weight is 336 g/mol. The van der Waals surface area contributed by atoms with Gasteiger partial charge < -0.3 is 9.73 Å². The number of amides is 1. The predicted octanol–water partition coefficient (Wildman–Crippen LogP) is 4.05. The molecule has 1 atom stereocenters. The molecule has 1 amide bonds. The van der Waals surface area contributed by atoms with E-state index in [9.17, 15) is 4.79 Å². The second kappa shape index (κ2) is 7.53. The van der Waals surface area contributed by atoms with Gasteiger partial charge in [0.15, 0.2) is 0 Å². The molecule has 0 aliphatic rings. The largest absolute Gasteiger partial charge is 0.459 e. The number of para-hydroxylation sites is 1. The van der Waals surface area contributed by atoms with Gasteiger partial charge in [-0.15, -0.1) is 0 Å². The molecule has 1 aromatic heterocycles. The third kappa shape index (κ3) is 4.48. The van der Waals surface area contributed by atoms with Gasteiger partial charge in [-0.1, -0.05) is 48.0 Å². The molecule has 0 fully saturated rings. The van der Waals surface area contributed by atoms with E-state index in [-0.39, 0.29) is 11.9 Å². The smallest absolute Gasteiger partial charge is 0.234 e. The number of carbonyl (C=O) groups excluding carboxylic acids is 1. The zero-order valence-corrected chi connectivity index (χ0v) is 15.0. The van der Waals surface area contributed by atoms with Crippen LogP contribution in [0.3, 0.4) is 0 Å². The van der Waals surface area contributed by atoms with Gasteiger partial charge in [0.2, 0.25) is 5.91 Å². The molecule has 25 heavy (non-hydrogen) atoms. The number of nitrogens with one attached hydrogen (secondary N) is 1. The van der Waals surface area contributed by atoms with Crippen molar-refractivity contribution in [2.24, 2.45) is 0 Å². The van der Waals surface area contributed by atoms with Crippen molar-refractivity contribution in [3.63, 3.8) is 0 Å². The van der Waals surface area contributed by atoms with Crippen molar-refractivity contribution >= 4 is 16.9 Å². The van der Waals surface area contributed by atoms with Crippen molar-refractivity contribution in [2.75, 3.05) is 13.6 Å². The van der Waals surface area contributed by atoms with Crippen LogP contribution in [0, 0.1) is 6.92 Å². The van der Waals surface area contributed by atoms with Crippen LogP contribution in [-0.2, 0) is 11.3 Å². The Morgan fingerprint density at radius 3 is 2.60 bits per heavy atom. The van der Waals surface area contributed by atoms with Crippen LogP contribution < -0.4 is 5.32 Å². The molecule has 0 aliphatic heterocycles. The minimum Gasteiger partial charge on any atom is -0.459 e. The normalized spacial score (nSPS) is 12.5. The van der Waals surface area contributed by atoms with Gasteiger partial charge in [0.1, 0.15) is 11.3 Å². The van der Waals surface area contributed by atoms with E-state index in [2.05, 4.69) is 36.5 Å². The van der Waals surface area contributed by atoms with Crippen LogP contribution in [0.1, 0.15) is 29.9 Å². The summed E-state index contributed by atoms with van der Waals surface area (Å²) in [5.74, 6) is 0.762. The lowest BCUT2D eigenvalue weighted by Crippen LogP contribution is -2.36. The molecule has 0 bridgehead atoms. The molecule has 0 unspecified atom stereocenters. The van der Waals surface area contributed by atoms with E-state index in [0.29, 0.717) is 6.54 Å². The van der Waals surface area contributed by atoms with Crippen molar-refractivity contribution < 1.29 is 9.21 Å². The lowest BCUT2D eigenvalue weighted by Gasteiger charge is -2.18. The van der Waals surface area contributed by atoms with Crippen molar-refractivity contribution in [2.45, 2.75) is 26.4 Å². The van der Waals surface area contributed by atoms with Crippen LogP contribution in [0.4, 0.5) is 0 Å². The van der Waals surface area contributed by atoms with E-state index in [4.69, 9.17) is 4.42 Å². The molecule has 3 aromatic rings. The van der Waals surface area contributed by atoms with E-state index in [0.717, 1.165) is 23.3 Å². The van der Waals surface area contributed by atoms with Crippen molar-refractivity contribution in [1.82, 2.24) is 10.2 Å². The summed E-state index contributed by atoms with van der Waals surface area (Å²) in [6, 6.07) is 18.1. The fourth-order valence-corrected chi connectivity index (χ4v) is 2.88. The Bertz CT molecular complexity index is 819. The first-order valence-corrected chi connectivity index (χ1v) is 8.53. The summed E-state index contributed by atoms with van der Waals surface area (Å²) in [5.41, 5.74) is 3.28. The second-order valence-corrected chi connectivity index (χ2v) is 6.63. The molecule has 3 rings (SSSR count). The first-order valence-electron chi connectivity index (χ1n) is 8.53. The van der Waals surface area contributed by atoms with Crippen molar-refractivity contribution in [3.8, 4) is 0 Å². The Balaban J connectivity index is 1.55. The number of aryl methyl sites for hydroxylation is 1. The quantitative estimate of drug-likeness (QED) is 0.738. The average Bonchev–Trinajstić information content (AvgIpc) is 3.01. The Kier molecular flexibility index (Phi) is 5.19. The van der Waals surface area contributed by atoms with Crippen LogP contribution in [-0.4, -0.2) is 24.4 Å². The third-order valence-corrected chi connectivity index (χ3v) is 4.24. The van der Waals surface area contributed by atoms with Gasteiger partial charge in [-0.3, -0.25) is 9.69 Å². The van der Waals surface area contributed by atoms with Gasteiger partial charge >= 0.3 is 0 Å². The zero-order valence-electron chi connectivity index (χ0n) is 15.0. The van der Waals surface area contributed by atoms with E-state index < -0.39 is 0 Å². The summed E-state index contributed by atoms with van der Waals surface area (Å²) in [6.45, 7) is 5.10. The van der Waals surface area contributed by atoms with Gasteiger partial charge in [0.25, 0.3) is 0 Å². The zero-order chi connectivity index (χ0) is 17.8. The number of furan rings is 1. The SMILES string of the molecule is Cc1ccc(CN(C)CC(=O)N[C@@H](C)c2cc3ccccc3o2)cc1. The number of likely N-dealkylation sites (N-methyl/N-ethyl adjacent to an activating group) is 1. The van der Waals surface area contributed by atoms with Crippen LogP contribution >= 0.6 is 0 Å². The molecule has 4 nitrogen and oxygen atoms in total. The standard InChI is InChI=1S/C21H24N2O2/c1-15-8-10-17(11-9-15)13-23(3)14-21(24)22-16(2)20-12-18-6-4-5-7-19(18)25-20/h4-12,16H,13-14H2,1-3H3,(H,22,24)/t16-/m0/s1.